The fourth-order valence-corrected chi connectivity index (χ4v) is 2.41. The zero-order valence-corrected chi connectivity index (χ0v) is 13.5. The molecular formula is C17H28FN3. The number of anilines is 1. The number of nitrogens with zero attached hydrogens (tertiary/aromatic N) is 2. The molecule has 2 rings (SSSR count). The van der Waals surface area contributed by atoms with E-state index in [2.05, 4.69) is 22.0 Å². The molecule has 0 atom stereocenters. The Morgan fingerprint density at radius 3 is 2.52 bits per heavy atom. The van der Waals surface area contributed by atoms with E-state index in [0.717, 1.165) is 43.9 Å². The van der Waals surface area contributed by atoms with Gasteiger partial charge in [0.05, 0.1) is 5.69 Å². The fourth-order valence-electron chi connectivity index (χ4n) is 2.41. The SMILES string of the molecule is CCCN(CCN(C)C)c1ccc(CNC2CC2)cc1F. The zero-order chi connectivity index (χ0) is 15.2. The first-order chi connectivity index (χ1) is 10.1. The van der Waals surface area contributed by atoms with Crippen LogP contribution in [0.15, 0.2) is 18.2 Å². The van der Waals surface area contributed by atoms with Crippen LogP contribution in [0.2, 0.25) is 0 Å². The Hall–Kier alpha value is -1.13. The highest BCUT2D eigenvalue weighted by molar-refractivity contribution is 5.49. The van der Waals surface area contributed by atoms with Crippen molar-refractivity contribution in [3.05, 3.63) is 29.6 Å². The predicted molar refractivity (Wildman–Crippen MR) is 87.3 cm³/mol. The van der Waals surface area contributed by atoms with Crippen LogP contribution >= 0.6 is 0 Å². The molecule has 1 aliphatic rings. The zero-order valence-electron chi connectivity index (χ0n) is 13.5. The van der Waals surface area contributed by atoms with Gasteiger partial charge in [0.2, 0.25) is 0 Å². The molecule has 0 heterocycles. The number of likely N-dealkylation sites (N-methyl/N-ethyl adjacent to an activating group) is 1. The van der Waals surface area contributed by atoms with Gasteiger partial charge in [0.1, 0.15) is 5.82 Å². The van der Waals surface area contributed by atoms with Gasteiger partial charge in [0.25, 0.3) is 0 Å². The van der Waals surface area contributed by atoms with E-state index >= 15 is 0 Å². The molecule has 118 valence electrons. The number of halogens is 1. The summed E-state index contributed by atoms with van der Waals surface area (Å²) in [7, 11) is 4.10. The first-order valence-electron chi connectivity index (χ1n) is 8.01. The lowest BCUT2D eigenvalue weighted by atomic mass is 10.1. The van der Waals surface area contributed by atoms with Gasteiger partial charge in [0.15, 0.2) is 0 Å². The summed E-state index contributed by atoms with van der Waals surface area (Å²) in [5.74, 6) is -0.0997. The molecule has 1 N–H and O–H groups in total. The lowest BCUT2D eigenvalue weighted by Crippen LogP contribution is -2.33. The highest BCUT2D eigenvalue weighted by atomic mass is 19.1. The first kappa shape index (κ1) is 16.2. The van der Waals surface area contributed by atoms with Gasteiger partial charge in [-0.3, -0.25) is 0 Å². The fraction of sp³-hybridized carbons (Fsp3) is 0.647. The van der Waals surface area contributed by atoms with Crippen LogP contribution < -0.4 is 10.2 Å². The lowest BCUT2D eigenvalue weighted by Gasteiger charge is -2.26. The van der Waals surface area contributed by atoms with Crippen LogP contribution in [0, 0.1) is 5.82 Å². The first-order valence-corrected chi connectivity index (χ1v) is 8.01. The maximum Gasteiger partial charge on any atom is 0.146 e. The summed E-state index contributed by atoms with van der Waals surface area (Å²) in [4.78, 5) is 4.28. The largest absolute Gasteiger partial charge is 0.368 e. The van der Waals surface area contributed by atoms with E-state index in [0.29, 0.717) is 6.04 Å². The predicted octanol–water partition coefficient (Wildman–Crippen LogP) is 2.86. The molecule has 1 fully saturated rings. The third-order valence-corrected chi connectivity index (χ3v) is 3.84. The molecular weight excluding hydrogens is 265 g/mol. The molecule has 1 aliphatic carbocycles. The smallest absolute Gasteiger partial charge is 0.146 e. The van der Waals surface area contributed by atoms with E-state index < -0.39 is 0 Å². The molecule has 1 aromatic carbocycles. The van der Waals surface area contributed by atoms with Crippen LogP contribution in [0.5, 0.6) is 0 Å². The second-order valence-corrected chi connectivity index (χ2v) is 6.23. The summed E-state index contributed by atoms with van der Waals surface area (Å²) in [6, 6.07) is 6.32. The van der Waals surface area contributed by atoms with Gasteiger partial charge in [-0.2, -0.15) is 0 Å². The van der Waals surface area contributed by atoms with Crippen molar-refractivity contribution in [1.82, 2.24) is 10.2 Å². The summed E-state index contributed by atoms with van der Waals surface area (Å²) in [5, 5.41) is 3.43. The van der Waals surface area contributed by atoms with E-state index in [1.54, 1.807) is 6.07 Å². The van der Waals surface area contributed by atoms with E-state index in [1.807, 2.05) is 26.2 Å². The number of hydrogen-bond donors (Lipinski definition) is 1. The van der Waals surface area contributed by atoms with Crippen LogP contribution in [-0.4, -0.2) is 44.7 Å². The molecule has 1 saturated carbocycles. The monoisotopic (exact) mass is 293 g/mol. The molecule has 0 saturated heterocycles. The van der Waals surface area contributed by atoms with E-state index in [1.165, 1.54) is 12.8 Å². The second kappa shape index (κ2) is 7.76. The normalized spacial score (nSPS) is 14.7. The van der Waals surface area contributed by atoms with Crippen LogP contribution in [0.1, 0.15) is 31.7 Å². The van der Waals surface area contributed by atoms with Crippen molar-refractivity contribution in [3.8, 4) is 0 Å². The molecule has 0 unspecified atom stereocenters. The van der Waals surface area contributed by atoms with E-state index in [4.69, 9.17) is 0 Å². The van der Waals surface area contributed by atoms with Crippen molar-refractivity contribution in [2.24, 2.45) is 0 Å². The van der Waals surface area contributed by atoms with Crippen molar-refractivity contribution in [2.75, 3.05) is 38.6 Å². The Morgan fingerprint density at radius 2 is 1.95 bits per heavy atom. The van der Waals surface area contributed by atoms with Crippen LogP contribution in [0.25, 0.3) is 0 Å². The van der Waals surface area contributed by atoms with Gasteiger partial charge in [-0.05, 0) is 51.1 Å². The Kier molecular flexibility index (Phi) is 6.00. The van der Waals surface area contributed by atoms with Gasteiger partial charge >= 0.3 is 0 Å². The van der Waals surface area contributed by atoms with Gasteiger partial charge in [-0.1, -0.05) is 13.0 Å². The van der Waals surface area contributed by atoms with E-state index in [-0.39, 0.29) is 5.82 Å². The summed E-state index contributed by atoms with van der Waals surface area (Å²) in [6.45, 7) is 5.59. The van der Waals surface area contributed by atoms with Gasteiger partial charge in [-0.25, -0.2) is 4.39 Å². The molecule has 1 aromatic rings. The highest BCUT2D eigenvalue weighted by Crippen LogP contribution is 2.23. The summed E-state index contributed by atoms with van der Waals surface area (Å²) in [5.41, 5.74) is 1.76. The third kappa shape index (κ3) is 5.29. The average molecular weight is 293 g/mol. The molecule has 3 nitrogen and oxygen atoms in total. The van der Waals surface area contributed by atoms with E-state index in [9.17, 15) is 4.39 Å². The van der Waals surface area contributed by atoms with Gasteiger partial charge in [0, 0.05) is 32.2 Å². The minimum absolute atomic E-state index is 0.0997. The lowest BCUT2D eigenvalue weighted by molar-refractivity contribution is 0.412. The molecule has 0 bridgehead atoms. The van der Waals surface area contributed by atoms with Crippen LogP contribution in [0.4, 0.5) is 10.1 Å². The van der Waals surface area contributed by atoms with Gasteiger partial charge in [-0.15, -0.1) is 0 Å². The van der Waals surface area contributed by atoms with Crippen LogP contribution in [0.3, 0.4) is 0 Å². The maximum absolute atomic E-state index is 14.4. The number of nitrogens with one attached hydrogen (secondary N) is 1. The molecule has 0 aliphatic heterocycles. The minimum atomic E-state index is -0.0997. The van der Waals surface area contributed by atoms with Crippen molar-refractivity contribution < 1.29 is 4.39 Å². The van der Waals surface area contributed by atoms with Crippen LogP contribution in [-0.2, 0) is 6.54 Å². The quantitative estimate of drug-likeness (QED) is 0.755. The molecule has 0 spiro atoms. The highest BCUT2D eigenvalue weighted by Gasteiger charge is 2.20. The molecule has 0 aromatic heterocycles. The Morgan fingerprint density at radius 1 is 1.19 bits per heavy atom. The Bertz CT molecular complexity index is 444. The third-order valence-electron chi connectivity index (χ3n) is 3.84. The summed E-state index contributed by atoms with van der Waals surface area (Å²) < 4.78 is 14.4. The number of rotatable bonds is 9. The Labute approximate surface area is 128 Å². The number of benzene rings is 1. The summed E-state index contributed by atoms with van der Waals surface area (Å²) >= 11 is 0. The maximum atomic E-state index is 14.4. The second-order valence-electron chi connectivity index (χ2n) is 6.23. The Balaban J connectivity index is 2.00. The van der Waals surface area contributed by atoms with Crippen molar-refractivity contribution in [2.45, 2.75) is 38.8 Å². The summed E-state index contributed by atoms with van der Waals surface area (Å²) in [6.07, 6.45) is 3.54. The molecule has 4 heteroatoms. The standard InChI is InChI=1S/C17H28FN3/c1-4-9-21(11-10-20(2)3)17-8-5-14(12-16(17)18)13-19-15-6-7-15/h5,8,12,15,19H,4,6-7,9-11,13H2,1-3H3. The van der Waals surface area contributed by atoms with Crippen molar-refractivity contribution in [3.63, 3.8) is 0 Å². The minimum Gasteiger partial charge on any atom is -0.368 e. The average Bonchev–Trinajstić information content (AvgIpc) is 3.26. The molecule has 21 heavy (non-hydrogen) atoms. The van der Waals surface area contributed by atoms with Crippen molar-refractivity contribution in [1.29, 1.82) is 0 Å². The van der Waals surface area contributed by atoms with Gasteiger partial charge < -0.3 is 15.1 Å². The van der Waals surface area contributed by atoms with Crippen molar-refractivity contribution >= 4 is 5.69 Å². The molecule has 0 amide bonds. The number of hydrogen-bond acceptors (Lipinski definition) is 3. The molecule has 0 radical (unpaired) electrons. The topological polar surface area (TPSA) is 18.5 Å².